The zero-order valence-corrected chi connectivity index (χ0v) is 18.8. The second kappa shape index (κ2) is 7.62. The van der Waals surface area contributed by atoms with Crippen molar-refractivity contribution in [2.45, 2.75) is 29.1 Å². The molecule has 0 N–H and O–H groups in total. The van der Waals surface area contributed by atoms with Gasteiger partial charge in [0.15, 0.2) is 0 Å². The van der Waals surface area contributed by atoms with Crippen molar-refractivity contribution in [1.82, 2.24) is 8.61 Å². The standard InChI is InChI=1S/C21H22FN3O5S2/c22-17-2-4-18(5-3-17)31(27,28)23-9-11-24(12-10-23)32(29,30)19-13-15-1-6-20(26)25-8-7-16(14-19)21(15)25/h2-5,13-14H,1,6-12H2. The third-order valence-corrected chi connectivity index (χ3v) is 10.1. The molecule has 1 saturated heterocycles. The molecular weight excluding hydrogens is 457 g/mol. The van der Waals surface area contributed by atoms with E-state index in [0.29, 0.717) is 25.8 Å². The molecular formula is C21H22FN3O5S2. The van der Waals surface area contributed by atoms with Gasteiger partial charge in [-0.25, -0.2) is 21.2 Å². The SMILES string of the molecule is O=C1CCc2cc(S(=O)(=O)N3CCN(S(=O)(=O)c4ccc(F)cc4)CC3)cc3c2N1CC3. The Morgan fingerprint density at radius 1 is 0.688 bits per heavy atom. The topological polar surface area (TPSA) is 95.1 Å². The minimum Gasteiger partial charge on any atom is -0.312 e. The van der Waals surface area contributed by atoms with Gasteiger partial charge in [0.2, 0.25) is 26.0 Å². The Hall–Kier alpha value is -2.34. The zero-order valence-electron chi connectivity index (χ0n) is 17.2. The number of rotatable bonds is 4. The van der Waals surface area contributed by atoms with Crippen LogP contribution >= 0.6 is 0 Å². The first kappa shape index (κ1) is 21.5. The maximum atomic E-state index is 13.3. The second-order valence-electron chi connectivity index (χ2n) is 8.15. The van der Waals surface area contributed by atoms with Crippen LogP contribution in [0.25, 0.3) is 0 Å². The van der Waals surface area contributed by atoms with Gasteiger partial charge in [0.25, 0.3) is 0 Å². The largest absolute Gasteiger partial charge is 0.312 e. The fraction of sp³-hybridized carbons (Fsp3) is 0.381. The molecule has 32 heavy (non-hydrogen) atoms. The number of carbonyl (C=O) groups is 1. The molecule has 3 aliphatic rings. The van der Waals surface area contributed by atoms with Crippen molar-refractivity contribution in [3.05, 3.63) is 53.3 Å². The van der Waals surface area contributed by atoms with Crippen LogP contribution in [0.4, 0.5) is 10.1 Å². The van der Waals surface area contributed by atoms with Crippen molar-refractivity contribution < 1.29 is 26.0 Å². The Kier molecular flexibility index (Phi) is 5.12. The molecule has 3 aliphatic heterocycles. The fourth-order valence-electron chi connectivity index (χ4n) is 4.63. The molecule has 2 aromatic carbocycles. The summed E-state index contributed by atoms with van der Waals surface area (Å²) in [5.41, 5.74) is 2.60. The summed E-state index contributed by atoms with van der Waals surface area (Å²) in [7, 11) is -7.63. The number of hydrogen-bond acceptors (Lipinski definition) is 5. The van der Waals surface area contributed by atoms with Gasteiger partial charge < -0.3 is 4.90 Å². The van der Waals surface area contributed by atoms with Crippen molar-refractivity contribution in [3.8, 4) is 0 Å². The molecule has 0 aromatic heterocycles. The van der Waals surface area contributed by atoms with Crippen LogP contribution in [0, 0.1) is 5.82 Å². The maximum absolute atomic E-state index is 13.3. The minimum atomic E-state index is -3.83. The Bertz CT molecular complexity index is 1300. The normalized spacial score (nSPS) is 19.9. The van der Waals surface area contributed by atoms with Gasteiger partial charge in [-0.2, -0.15) is 8.61 Å². The summed E-state index contributed by atoms with van der Waals surface area (Å²) in [6, 6.07) is 7.88. The zero-order chi connectivity index (χ0) is 22.7. The molecule has 1 fully saturated rings. The van der Waals surface area contributed by atoms with Crippen LogP contribution in [-0.2, 0) is 37.7 Å². The molecule has 0 spiro atoms. The fourth-order valence-corrected chi connectivity index (χ4v) is 7.58. The van der Waals surface area contributed by atoms with E-state index < -0.39 is 25.9 Å². The van der Waals surface area contributed by atoms with E-state index in [1.165, 1.54) is 20.7 Å². The van der Waals surface area contributed by atoms with E-state index in [-0.39, 0.29) is 41.9 Å². The van der Waals surface area contributed by atoms with Crippen LogP contribution in [0.1, 0.15) is 17.5 Å². The highest BCUT2D eigenvalue weighted by Crippen LogP contribution is 2.39. The first-order valence-corrected chi connectivity index (χ1v) is 13.3. The number of halogens is 1. The molecule has 11 heteroatoms. The van der Waals surface area contributed by atoms with Gasteiger partial charge in [-0.15, -0.1) is 0 Å². The molecule has 0 atom stereocenters. The lowest BCUT2D eigenvalue weighted by Gasteiger charge is -2.33. The van der Waals surface area contributed by atoms with Crippen LogP contribution < -0.4 is 4.90 Å². The lowest BCUT2D eigenvalue weighted by Crippen LogP contribution is -2.50. The van der Waals surface area contributed by atoms with Gasteiger partial charge in [-0.05, 0) is 60.4 Å². The smallest absolute Gasteiger partial charge is 0.243 e. The maximum Gasteiger partial charge on any atom is 0.243 e. The van der Waals surface area contributed by atoms with Gasteiger partial charge in [0, 0.05) is 39.1 Å². The summed E-state index contributed by atoms with van der Waals surface area (Å²) in [5.74, 6) is -0.453. The first-order chi connectivity index (χ1) is 15.2. The lowest BCUT2D eigenvalue weighted by molar-refractivity contribution is -0.118. The molecule has 0 aliphatic carbocycles. The summed E-state index contributed by atoms with van der Waals surface area (Å²) in [4.78, 5) is 14.0. The Balaban J connectivity index is 1.36. The van der Waals surface area contributed by atoms with Gasteiger partial charge >= 0.3 is 0 Å². The molecule has 3 heterocycles. The summed E-state index contributed by atoms with van der Waals surface area (Å²) in [6.45, 7) is 0.655. The van der Waals surface area contributed by atoms with Crippen molar-refractivity contribution in [2.24, 2.45) is 0 Å². The number of piperazine rings is 1. The van der Waals surface area contributed by atoms with Gasteiger partial charge in [-0.1, -0.05) is 0 Å². The monoisotopic (exact) mass is 479 g/mol. The predicted molar refractivity (Wildman–Crippen MR) is 115 cm³/mol. The van der Waals surface area contributed by atoms with Crippen LogP contribution in [0.2, 0.25) is 0 Å². The predicted octanol–water partition coefficient (Wildman–Crippen LogP) is 1.36. The number of sulfonamides is 2. The van der Waals surface area contributed by atoms with Gasteiger partial charge in [0.1, 0.15) is 5.82 Å². The molecule has 170 valence electrons. The highest BCUT2D eigenvalue weighted by Gasteiger charge is 2.37. The highest BCUT2D eigenvalue weighted by molar-refractivity contribution is 7.89. The van der Waals surface area contributed by atoms with E-state index in [9.17, 15) is 26.0 Å². The van der Waals surface area contributed by atoms with E-state index in [1.807, 2.05) is 0 Å². The molecule has 0 bridgehead atoms. The first-order valence-electron chi connectivity index (χ1n) is 10.4. The summed E-state index contributed by atoms with van der Waals surface area (Å²) < 4.78 is 67.9. The van der Waals surface area contributed by atoms with Crippen molar-refractivity contribution in [2.75, 3.05) is 37.6 Å². The van der Waals surface area contributed by atoms with Crippen molar-refractivity contribution >= 4 is 31.6 Å². The van der Waals surface area contributed by atoms with Gasteiger partial charge in [0.05, 0.1) is 15.5 Å². The quantitative estimate of drug-likeness (QED) is 0.660. The number of amides is 1. The summed E-state index contributed by atoms with van der Waals surface area (Å²) >= 11 is 0. The summed E-state index contributed by atoms with van der Waals surface area (Å²) in [5, 5.41) is 0. The van der Waals surface area contributed by atoms with Gasteiger partial charge in [-0.3, -0.25) is 4.79 Å². The van der Waals surface area contributed by atoms with E-state index in [0.717, 1.165) is 28.9 Å². The van der Waals surface area contributed by atoms with Crippen LogP contribution in [0.3, 0.4) is 0 Å². The van der Waals surface area contributed by atoms with Crippen LogP contribution in [0.15, 0.2) is 46.2 Å². The molecule has 0 unspecified atom stereocenters. The summed E-state index contributed by atoms with van der Waals surface area (Å²) in [6.07, 6.45) is 1.52. The Labute approximate surface area is 186 Å². The number of anilines is 1. The molecule has 0 radical (unpaired) electrons. The highest BCUT2D eigenvalue weighted by atomic mass is 32.2. The number of hydrogen-bond donors (Lipinski definition) is 0. The van der Waals surface area contributed by atoms with Crippen molar-refractivity contribution in [1.29, 1.82) is 0 Å². The van der Waals surface area contributed by atoms with Crippen LogP contribution in [-0.4, -0.2) is 64.1 Å². The second-order valence-corrected chi connectivity index (χ2v) is 12.0. The average molecular weight is 480 g/mol. The van der Waals surface area contributed by atoms with E-state index in [4.69, 9.17) is 0 Å². The third-order valence-electron chi connectivity index (χ3n) is 6.31. The van der Waals surface area contributed by atoms with E-state index >= 15 is 0 Å². The van der Waals surface area contributed by atoms with Crippen molar-refractivity contribution in [3.63, 3.8) is 0 Å². The molecule has 1 amide bonds. The molecule has 2 aromatic rings. The number of benzene rings is 2. The van der Waals surface area contributed by atoms with E-state index in [2.05, 4.69) is 0 Å². The Morgan fingerprint density at radius 3 is 1.81 bits per heavy atom. The molecule has 5 rings (SSSR count). The van der Waals surface area contributed by atoms with E-state index in [1.54, 1.807) is 17.0 Å². The molecule has 0 saturated carbocycles. The number of carbonyl (C=O) groups excluding carboxylic acids is 1. The lowest BCUT2D eigenvalue weighted by atomic mass is 10.00. The molecule has 8 nitrogen and oxygen atoms in total. The number of aryl methyl sites for hydroxylation is 1. The third kappa shape index (κ3) is 3.43. The van der Waals surface area contributed by atoms with Crippen LogP contribution in [0.5, 0.6) is 0 Å². The Morgan fingerprint density at radius 2 is 1.22 bits per heavy atom. The number of nitrogens with zero attached hydrogens (tertiary/aromatic N) is 3. The average Bonchev–Trinajstić information content (AvgIpc) is 3.22. The minimum absolute atomic E-state index is 0.0129.